The van der Waals surface area contributed by atoms with Crippen LogP contribution in [-0.2, 0) is 16.1 Å². The zero-order chi connectivity index (χ0) is 21.3. The molecule has 0 fully saturated rings. The van der Waals surface area contributed by atoms with E-state index in [4.69, 9.17) is 9.15 Å². The lowest BCUT2D eigenvalue weighted by molar-refractivity contribution is -0.146. The average Bonchev–Trinajstić information content (AvgIpc) is 3.42. The van der Waals surface area contributed by atoms with E-state index in [2.05, 4.69) is 4.98 Å². The van der Waals surface area contributed by atoms with E-state index in [1.54, 1.807) is 50.2 Å². The molecule has 1 atom stereocenters. The van der Waals surface area contributed by atoms with Crippen LogP contribution in [-0.4, -0.2) is 31.3 Å². The molecule has 0 saturated carbocycles. The first-order chi connectivity index (χ1) is 14.5. The van der Waals surface area contributed by atoms with Crippen LogP contribution in [0.25, 0.3) is 16.9 Å². The third-order valence-corrected chi connectivity index (χ3v) is 4.81. The quantitative estimate of drug-likeness (QED) is 0.453. The second-order valence-corrected chi connectivity index (χ2v) is 6.68. The normalized spacial score (nSPS) is 12.2. The Morgan fingerprint density at radius 3 is 2.60 bits per heavy atom. The van der Waals surface area contributed by atoms with Crippen LogP contribution in [0.2, 0.25) is 0 Å². The summed E-state index contributed by atoms with van der Waals surface area (Å²) in [5, 5.41) is 0. The highest BCUT2D eigenvalue weighted by Crippen LogP contribution is 2.18. The van der Waals surface area contributed by atoms with Gasteiger partial charge in [-0.05, 0) is 38.1 Å². The Hall–Kier alpha value is -3.88. The van der Waals surface area contributed by atoms with Gasteiger partial charge in [0, 0.05) is 0 Å². The number of para-hydroxylation sites is 1. The highest BCUT2D eigenvalue weighted by molar-refractivity contribution is 5.79. The molecule has 4 aromatic rings. The third-order valence-electron chi connectivity index (χ3n) is 4.81. The van der Waals surface area contributed by atoms with E-state index < -0.39 is 23.3 Å². The molecule has 0 aliphatic carbocycles. The van der Waals surface area contributed by atoms with Crippen molar-refractivity contribution in [3.63, 3.8) is 0 Å². The fraction of sp³-hybridized carbons (Fsp3) is 0.238. The van der Waals surface area contributed by atoms with Gasteiger partial charge < -0.3 is 13.7 Å². The second kappa shape index (κ2) is 7.86. The van der Waals surface area contributed by atoms with Gasteiger partial charge in [-0.25, -0.2) is 19.1 Å². The maximum absolute atomic E-state index is 13.3. The molecule has 30 heavy (non-hydrogen) atoms. The summed E-state index contributed by atoms with van der Waals surface area (Å²) < 4.78 is 14.3. The van der Waals surface area contributed by atoms with Crippen LogP contribution in [0.15, 0.2) is 69.1 Å². The van der Waals surface area contributed by atoms with Gasteiger partial charge in [0.1, 0.15) is 11.8 Å². The number of carbonyl (C=O) groups excluding carboxylic acids is 1. The maximum Gasteiger partial charge on any atom is 0.337 e. The highest BCUT2D eigenvalue weighted by atomic mass is 16.5. The van der Waals surface area contributed by atoms with Crippen molar-refractivity contribution in [3.8, 4) is 5.69 Å². The van der Waals surface area contributed by atoms with Gasteiger partial charge in [0.05, 0.1) is 31.4 Å². The monoisotopic (exact) mass is 408 g/mol. The second-order valence-electron chi connectivity index (χ2n) is 6.68. The zero-order valence-corrected chi connectivity index (χ0v) is 16.5. The number of fused-ring (bicyclic) bond motifs is 1. The Kier molecular flexibility index (Phi) is 5.09. The number of hydrogen-bond donors (Lipinski definition) is 0. The number of rotatable bonds is 6. The SMILES string of the molecule is CCOC(=O)C(C)n1cnc2c1c(=O)n(Cc1ccco1)c(=O)n2-c1ccccc1. The van der Waals surface area contributed by atoms with E-state index in [0.717, 1.165) is 4.57 Å². The number of furan rings is 1. The standard InChI is InChI=1S/C21H20N4O5/c1-3-29-20(27)14(2)24-13-22-18-17(24)19(26)23(12-16-10-7-11-30-16)21(28)25(18)15-8-5-4-6-9-15/h4-11,13-14H,3,12H2,1-2H3. The van der Waals surface area contributed by atoms with Gasteiger partial charge >= 0.3 is 11.7 Å². The van der Waals surface area contributed by atoms with E-state index in [9.17, 15) is 14.4 Å². The molecule has 154 valence electrons. The summed E-state index contributed by atoms with van der Waals surface area (Å²) in [5.74, 6) is -0.0380. The van der Waals surface area contributed by atoms with E-state index >= 15 is 0 Å². The zero-order valence-electron chi connectivity index (χ0n) is 16.5. The van der Waals surface area contributed by atoms with Crippen LogP contribution in [0.5, 0.6) is 0 Å². The number of nitrogens with zero attached hydrogens (tertiary/aromatic N) is 4. The first kappa shape index (κ1) is 19.4. The van der Waals surface area contributed by atoms with E-state index in [1.807, 2.05) is 6.07 Å². The molecular formula is C21H20N4O5. The Balaban J connectivity index is 2.02. The number of esters is 1. The Labute approximate surface area is 170 Å². The van der Waals surface area contributed by atoms with Gasteiger partial charge in [-0.3, -0.25) is 9.36 Å². The van der Waals surface area contributed by atoms with Crippen molar-refractivity contribution in [1.29, 1.82) is 0 Å². The van der Waals surface area contributed by atoms with Crippen LogP contribution >= 0.6 is 0 Å². The van der Waals surface area contributed by atoms with Crippen molar-refractivity contribution in [2.45, 2.75) is 26.4 Å². The Bertz CT molecular complexity index is 1300. The topological polar surface area (TPSA) is 101 Å². The van der Waals surface area contributed by atoms with Crippen molar-refractivity contribution >= 4 is 17.1 Å². The van der Waals surface area contributed by atoms with E-state index in [1.165, 1.54) is 21.7 Å². The van der Waals surface area contributed by atoms with Gasteiger partial charge in [-0.15, -0.1) is 0 Å². The smallest absolute Gasteiger partial charge is 0.337 e. The van der Waals surface area contributed by atoms with E-state index in [0.29, 0.717) is 11.4 Å². The largest absolute Gasteiger partial charge is 0.467 e. The van der Waals surface area contributed by atoms with Crippen molar-refractivity contribution in [2.24, 2.45) is 0 Å². The van der Waals surface area contributed by atoms with Crippen molar-refractivity contribution in [2.75, 3.05) is 6.61 Å². The minimum Gasteiger partial charge on any atom is -0.467 e. The number of imidazole rings is 1. The number of carbonyl (C=O) groups is 1. The summed E-state index contributed by atoms with van der Waals surface area (Å²) in [6.45, 7) is 3.49. The van der Waals surface area contributed by atoms with Gasteiger partial charge in [0.2, 0.25) is 0 Å². The fourth-order valence-corrected chi connectivity index (χ4v) is 3.32. The lowest BCUT2D eigenvalue weighted by Gasteiger charge is -2.15. The summed E-state index contributed by atoms with van der Waals surface area (Å²) in [6.07, 6.45) is 2.85. The third kappa shape index (κ3) is 3.24. The molecule has 1 unspecified atom stereocenters. The number of hydrogen-bond acceptors (Lipinski definition) is 6. The Morgan fingerprint density at radius 1 is 1.17 bits per heavy atom. The van der Waals surface area contributed by atoms with Gasteiger partial charge in [0.25, 0.3) is 5.56 Å². The minimum absolute atomic E-state index is 0.0492. The molecule has 0 aliphatic rings. The van der Waals surface area contributed by atoms with Crippen LogP contribution in [0.1, 0.15) is 25.6 Å². The molecule has 1 aromatic carbocycles. The highest BCUT2D eigenvalue weighted by Gasteiger charge is 2.25. The van der Waals surface area contributed by atoms with Crippen LogP contribution in [0.4, 0.5) is 0 Å². The van der Waals surface area contributed by atoms with Crippen LogP contribution in [0, 0.1) is 0 Å². The molecule has 0 aliphatic heterocycles. The summed E-state index contributed by atoms with van der Waals surface area (Å²) in [7, 11) is 0. The first-order valence-corrected chi connectivity index (χ1v) is 9.49. The Morgan fingerprint density at radius 2 is 1.93 bits per heavy atom. The molecule has 9 nitrogen and oxygen atoms in total. The maximum atomic E-state index is 13.3. The minimum atomic E-state index is -0.790. The molecule has 0 spiro atoms. The lowest BCUT2D eigenvalue weighted by Crippen LogP contribution is -2.40. The van der Waals surface area contributed by atoms with Gasteiger partial charge in [-0.2, -0.15) is 0 Å². The predicted molar refractivity (Wildman–Crippen MR) is 109 cm³/mol. The van der Waals surface area contributed by atoms with E-state index in [-0.39, 0.29) is 24.3 Å². The van der Waals surface area contributed by atoms with Crippen LogP contribution < -0.4 is 11.2 Å². The molecule has 9 heteroatoms. The lowest BCUT2D eigenvalue weighted by atomic mass is 10.3. The number of benzene rings is 1. The molecule has 0 bridgehead atoms. The van der Waals surface area contributed by atoms with Gasteiger partial charge in [0.15, 0.2) is 11.2 Å². The average molecular weight is 408 g/mol. The number of aromatic nitrogens is 4. The summed E-state index contributed by atoms with van der Waals surface area (Å²) in [6, 6.07) is 11.5. The molecule has 0 radical (unpaired) electrons. The molecular weight excluding hydrogens is 388 g/mol. The summed E-state index contributed by atoms with van der Waals surface area (Å²) >= 11 is 0. The summed E-state index contributed by atoms with van der Waals surface area (Å²) in [4.78, 5) is 43.2. The molecule has 0 N–H and O–H groups in total. The molecule has 4 rings (SSSR count). The molecule has 0 amide bonds. The molecule has 0 saturated heterocycles. The van der Waals surface area contributed by atoms with Crippen molar-refractivity contribution in [3.05, 3.63) is 81.7 Å². The molecule has 3 aromatic heterocycles. The van der Waals surface area contributed by atoms with Gasteiger partial charge in [-0.1, -0.05) is 18.2 Å². The first-order valence-electron chi connectivity index (χ1n) is 9.49. The molecule has 3 heterocycles. The fourth-order valence-electron chi connectivity index (χ4n) is 3.32. The summed E-state index contributed by atoms with van der Waals surface area (Å²) in [5.41, 5.74) is -0.264. The van der Waals surface area contributed by atoms with Crippen molar-refractivity contribution < 1.29 is 13.9 Å². The predicted octanol–water partition coefficient (Wildman–Crippen LogP) is 2.11. The van der Waals surface area contributed by atoms with Crippen LogP contribution in [0.3, 0.4) is 0 Å². The van der Waals surface area contributed by atoms with Crippen molar-refractivity contribution in [1.82, 2.24) is 18.7 Å². The number of ether oxygens (including phenoxy) is 1.